The van der Waals surface area contributed by atoms with Gasteiger partial charge in [-0.2, -0.15) is 0 Å². The number of hydrogen-bond donors (Lipinski definition) is 0. The molecule has 2 aromatic rings. The smallest absolute Gasteiger partial charge is 0.255 e. The Balaban J connectivity index is 2.51. The van der Waals surface area contributed by atoms with E-state index in [9.17, 15) is 8.78 Å². The van der Waals surface area contributed by atoms with Crippen LogP contribution in [0.1, 0.15) is 0 Å². The fraction of sp³-hybridized carbons (Fsp3) is 0.357. The summed E-state index contributed by atoms with van der Waals surface area (Å²) in [5.41, 5.74) is 0. The number of benzene rings is 1. The van der Waals surface area contributed by atoms with E-state index in [2.05, 4.69) is 4.98 Å². The van der Waals surface area contributed by atoms with Gasteiger partial charge in [0.15, 0.2) is 0 Å². The molecule has 1 aromatic heterocycles. The maximum atomic E-state index is 12.7. The summed E-state index contributed by atoms with van der Waals surface area (Å²) < 4.78 is 30.7. The van der Waals surface area contributed by atoms with Crippen molar-refractivity contribution in [2.24, 2.45) is 0 Å². The fourth-order valence-corrected chi connectivity index (χ4v) is 2.35. The number of nitrogens with zero attached hydrogens (tertiary/aromatic N) is 2. The van der Waals surface area contributed by atoms with Crippen LogP contribution in [0, 0.1) is 0 Å². The van der Waals surface area contributed by atoms with Crippen molar-refractivity contribution in [1.29, 1.82) is 0 Å². The molecule has 20 heavy (non-hydrogen) atoms. The molecular formula is C14H15ClF2N2O. The number of halogens is 3. The van der Waals surface area contributed by atoms with Crippen LogP contribution in [-0.2, 0) is 0 Å². The lowest BCUT2D eigenvalue weighted by molar-refractivity contribution is 0.155. The Morgan fingerprint density at radius 3 is 2.75 bits per heavy atom. The highest BCUT2D eigenvalue weighted by Crippen LogP contribution is 2.31. The van der Waals surface area contributed by atoms with E-state index in [0.29, 0.717) is 18.1 Å². The standard InChI is InChI=1S/C14H15ClF2N2O/c1-20-12-4-2-3-11-10(12)5-7-18-14(11)19(8-6-15)9-13(16)17/h2-5,7,13H,6,8-9H2,1H3. The van der Waals surface area contributed by atoms with Crippen molar-refractivity contribution in [1.82, 2.24) is 4.98 Å². The lowest BCUT2D eigenvalue weighted by atomic mass is 10.1. The Morgan fingerprint density at radius 1 is 1.30 bits per heavy atom. The minimum Gasteiger partial charge on any atom is -0.496 e. The molecule has 0 N–H and O–H groups in total. The lowest BCUT2D eigenvalue weighted by Crippen LogP contribution is -2.31. The van der Waals surface area contributed by atoms with Crippen molar-refractivity contribution in [3.8, 4) is 5.75 Å². The van der Waals surface area contributed by atoms with Gasteiger partial charge in [0.2, 0.25) is 0 Å². The van der Waals surface area contributed by atoms with Crippen molar-refractivity contribution >= 4 is 28.2 Å². The number of methoxy groups -OCH3 is 1. The summed E-state index contributed by atoms with van der Waals surface area (Å²) in [5.74, 6) is 1.45. The highest BCUT2D eigenvalue weighted by atomic mass is 35.5. The highest BCUT2D eigenvalue weighted by molar-refractivity contribution is 6.18. The molecule has 0 aliphatic heterocycles. The minimum absolute atomic E-state index is 0.259. The first-order chi connectivity index (χ1) is 9.67. The van der Waals surface area contributed by atoms with E-state index in [1.54, 1.807) is 19.4 Å². The third kappa shape index (κ3) is 3.10. The monoisotopic (exact) mass is 300 g/mol. The molecule has 3 nitrogen and oxygen atoms in total. The van der Waals surface area contributed by atoms with Gasteiger partial charge in [-0.1, -0.05) is 12.1 Å². The second kappa shape index (κ2) is 6.70. The minimum atomic E-state index is -2.44. The molecule has 108 valence electrons. The number of rotatable bonds is 6. The van der Waals surface area contributed by atoms with Crippen LogP contribution in [0.5, 0.6) is 5.75 Å². The summed E-state index contributed by atoms with van der Waals surface area (Å²) in [6, 6.07) is 7.28. The summed E-state index contributed by atoms with van der Waals surface area (Å²) in [5, 5.41) is 1.62. The number of pyridine rings is 1. The molecule has 0 spiro atoms. The van der Waals surface area contributed by atoms with E-state index >= 15 is 0 Å². The normalized spacial score (nSPS) is 11.1. The summed E-state index contributed by atoms with van der Waals surface area (Å²) >= 11 is 5.70. The van der Waals surface area contributed by atoms with Crippen LogP contribution in [0.2, 0.25) is 0 Å². The first-order valence-electron chi connectivity index (χ1n) is 6.18. The van der Waals surface area contributed by atoms with Gasteiger partial charge in [0.25, 0.3) is 6.43 Å². The quantitative estimate of drug-likeness (QED) is 0.763. The Bertz CT molecular complexity index is 580. The molecule has 0 unspecified atom stereocenters. The second-order valence-corrected chi connectivity index (χ2v) is 4.59. The van der Waals surface area contributed by atoms with Crippen LogP contribution in [0.3, 0.4) is 0 Å². The van der Waals surface area contributed by atoms with E-state index in [1.807, 2.05) is 18.2 Å². The van der Waals surface area contributed by atoms with Crippen molar-refractivity contribution in [2.45, 2.75) is 6.43 Å². The largest absolute Gasteiger partial charge is 0.496 e. The van der Waals surface area contributed by atoms with E-state index < -0.39 is 13.0 Å². The van der Waals surface area contributed by atoms with Gasteiger partial charge in [-0.05, 0) is 12.1 Å². The first kappa shape index (κ1) is 14.8. The molecule has 0 fully saturated rings. The molecule has 1 aromatic carbocycles. The molecular weight excluding hydrogens is 286 g/mol. The molecule has 0 aliphatic carbocycles. The molecule has 0 saturated carbocycles. The van der Waals surface area contributed by atoms with Gasteiger partial charge in [0.05, 0.1) is 13.7 Å². The van der Waals surface area contributed by atoms with Gasteiger partial charge >= 0.3 is 0 Å². The van der Waals surface area contributed by atoms with Crippen molar-refractivity contribution in [2.75, 3.05) is 31.0 Å². The topological polar surface area (TPSA) is 25.4 Å². The Morgan fingerprint density at radius 2 is 2.10 bits per heavy atom. The average Bonchev–Trinajstić information content (AvgIpc) is 2.45. The van der Waals surface area contributed by atoms with Gasteiger partial charge in [0, 0.05) is 29.4 Å². The van der Waals surface area contributed by atoms with Crippen LogP contribution in [-0.4, -0.2) is 37.5 Å². The first-order valence-corrected chi connectivity index (χ1v) is 6.71. The second-order valence-electron chi connectivity index (χ2n) is 4.22. The molecule has 2 rings (SSSR count). The maximum Gasteiger partial charge on any atom is 0.255 e. The van der Waals surface area contributed by atoms with E-state index in [4.69, 9.17) is 16.3 Å². The van der Waals surface area contributed by atoms with Crippen molar-refractivity contribution in [3.05, 3.63) is 30.5 Å². The molecule has 0 bridgehead atoms. The van der Waals surface area contributed by atoms with Gasteiger partial charge < -0.3 is 9.64 Å². The third-order valence-corrected chi connectivity index (χ3v) is 3.15. The molecule has 0 atom stereocenters. The average molecular weight is 301 g/mol. The van der Waals surface area contributed by atoms with Crippen LogP contribution in [0.4, 0.5) is 14.6 Å². The fourth-order valence-electron chi connectivity index (χ4n) is 2.15. The summed E-state index contributed by atoms with van der Waals surface area (Å²) in [6.45, 7) is -0.0781. The predicted molar refractivity (Wildman–Crippen MR) is 77.2 cm³/mol. The van der Waals surface area contributed by atoms with Crippen molar-refractivity contribution in [3.63, 3.8) is 0 Å². The number of aromatic nitrogens is 1. The van der Waals surface area contributed by atoms with Gasteiger partial charge in [-0.3, -0.25) is 0 Å². The predicted octanol–water partition coefficient (Wildman–Crippen LogP) is 3.55. The number of fused-ring (bicyclic) bond motifs is 1. The Labute approximate surface area is 121 Å². The maximum absolute atomic E-state index is 12.7. The number of anilines is 1. The Hall–Kier alpha value is -1.62. The van der Waals surface area contributed by atoms with Crippen molar-refractivity contribution < 1.29 is 13.5 Å². The molecule has 6 heteroatoms. The van der Waals surface area contributed by atoms with Gasteiger partial charge in [-0.25, -0.2) is 13.8 Å². The third-order valence-electron chi connectivity index (χ3n) is 2.98. The molecule has 1 heterocycles. The van der Waals surface area contributed by atoms with Crippen LogP contribution in [0.25, 0.3) is 10.8 Å². The van der Waals surface area contributed by atoms with Crippen LogP contribution in [0.15, 0.2) is 30.5 Å². The van der Waals surface area contributed by atoms with Crippen LogP contribution < -0.4 is 9.64 Å². The summed E-state index contributed by atoms with van der Waals surface area (Å²) in [6.07, 6.45) is -0.853. The van der Waals surface area contributed by atoms with E-state index in [1.165, 1.54) is 4.90 Å². The number of alkyl halides is 3. The number of ether oxygens (including phenoxy) is 1. The summed E-state index contributed by atoms with van der Waals surface area (Å²) in [4.78, 5) is 5.73. The summed E-state index contributed by atoms with van der Waals surface area (Å²) in [7, 11) is 1.57. The Kier molecular flexibility index (Phi) is 4.95. The molecule has 0 radical (unpaired) electrons. The van der Waals surface area contributed by atoms with E-state index in [-0.39, 0.29) is 5.88 Å². The zero-order valence-corrected chi connectivity index (χ0v) is 11.8. The number of hydrogen-bond acceptors (Lipinski definition) is 3. The van der Waals surface area contributed by atoms with Gasteiger partial charge in [0.1, 0.15) is 11.6 Å². The molecule has 0 aliphatic rings. The van der Waals surface area contributed by atoms with Gasteiger partial charge in [-0.15, -0.1) is 11.6 Å². The zero-order chi connectivity index (χ0) is 14.5. The van der Waals surface area contributed by atoms with E-state index in [0.717, 1.165) is 10.8 Å². The molecule has 0 saturated heterocycles. The molecule has 0 amide bonds. The SMILES string of the molecule is COc1cccc2c(N(CCCl)CC(F)F)nccc12. The lowest BCUT2D eigenvalue weighted by Gasteiger charge is -2.23. The highest BCUT2D eigenvalue weighted by Gasteiger charge is 2.16. The van der Waals surface area contributed by atoms with Crippen LogP contribution >= 0.6 is 11.6 Å². The zero-order valence-electron chi connectivity index (χ0n) is 11.0.